The minimum atomic E-state index is -3.58. The number of nitrogens with zero attached hydrogens (tertiary/aromatic N) is 2. The van der Waals surface area contributed by atoms with Crippen LogP contribution in [0.25, 0.3) is 0 Å². The van der Waals surface area contributed by atoms with Gasteiger partial charge in [-0.1, -0.05) is 79.4 Å². The molecule has 1 heterocycles. The highest BCUT2D eigenvalue weighted by Crippen LogP contribution is 2.47. The van der Waals surface area contributed by atoms with Crippen LogP contribution in [0.5, 0.6) is 0 Å². The maximum atomic E-state index is 14.2. The fourth-order valence-corrected chi connectivity index (χ4v) is 6.31. The van der Waals surface area contributed by atoms with Gasteiger partial charge >= 0.3 is 11.9 Å². The Morgan fingerprint density at radius 3 is 2.28 bits per heavy atom. The number of carbonyl (C=O) groups excluding carboxylic acids is 3. The number of aliphatic carboxylic acids is 1. The van der Waals surface area contributed by atoms with E-state index in [0.29, 0.717) is 37.1 Å². The molecule has 3 aliphatic rings. The predicted octanol–water partition coefficient (Wildman–Crippen LogP) is 5.48. The zero-order valence-corrected chi connectivity index (χ0v) is 30.2. The third-order valence-corrected chi connectivity index (χ3v) is 9.35. The van der Waals surface area contributed by atoms with E-state index in [0.717, 1.165) is 48.8 Å². The Hall–Kier alpha value is -3.87. The smallest absolute Gasteiger partial charge is 0.374 e. The predicted molar refractivity (Wildman–Crippen MR) is 188 cm³/mol. The normalized spacial score (nSPS) is 18.1. The van der Waals surface area contributed by atoms with Crippen molar-refractivity contribution in [3.8, 4) is 0 Å². The van der Waals surface area contributed by atoms with Crippen molar-refractivity contribution in [1.29, 1.82) is 0 Å². The summed E-state index contributed by atoms with van der Waals surface area (Å²) in [6.07, 6.45) is 13.1. The number of alkyl halides is 2. The number of nitrogens with two attached hydrogens (primary N) is 1. The van der Waals surface area contributed by atoms with E-state index >= 15 is 0 Å². The van der Waals surface area contributed by atoms with E-state index in [-0.39, 0.29) is 25.0 Å². The zero-order valence-electron chi connectivity index (χ0n) is 29.4. The molecule has 0 radical (unpaired) electrons. The molecule has 4 N–H and O–H groups in total. The Bertz CT molecular complexity index is 1520. The fourth-order valence-electron chi connectivity index (χ4n) is 6.16. The number of benzene rings is 1. The number of likely N-dealkylation sites (N-methyl/N-ethyl adjacent to an activating group) is 2. The van der Waals surface area contributed by atoms with E-state index in [1.165, 1.54) is 0 Å². The van der Waals surface area contributed by atoms with Crippen molar-refractivity contribution >= 4 is 35.3 Å². The standard InChI is InChI=1S/C34H45ClN4O4.C3H4F2O2/c1-5-39(30(40)28(37-32(42)33(2,3)36)23-43-22-24-13-8-6-9-14-24)21-27-29(25-15-12-16-26(35)18-17-25)31(41)38(4)34(27)19-10-7-11-20-34;1-3(4,5)2(6)7/h6,8-9,13-18,28H,5,7,10-12,19-23,36H2,1-4H3,(H,37,42);1H3,(H,6,7)/t28-;/m1./s1. The summed E-state index contributed by atoms with van der Waals surface area (Å²) < 4.78 is 28.4. The highest BCUT2D eigenvalue weighted by molar-refractivity contribution is 6.31. The molecule has 0 aromatic heterocycles. The van der Waals surface area contributed by atoms with Gasteiger partial charge in [-0.15, -0.1) is 0 Å². The first-order valence-corrected chi connectivity index (χ1v) is 17.2. The zero-order chi connectivity index (χ0) is 37.3. The average Bonchev–Trinajstić information content (AvgIpc) is 3.18. The van der Waals surface area contributed by atoms with Crippen LogP contribution in [-0.4, -0.2) is 88.4 Å². The van der Waals surface area contributed by atoms with Crippen LogP contribution in [0.2, 0.25) is 0 Å². The summed E-state index contributed by atoms with van der Waals surface area (Å²) in [5.74, 6) is -6.42. The van der Waals surface area contributed by atoms with E-state index in [2.05, 4.69) is 5.32 Å². The van der Waals surface area contributed by atoms with Gasteiger partial charge in [0.2, 0.25) is 11.8 Å². The molecule has 1 saturated carbocycles. The molecule has 2 aliphatic carbocycles. The van der Waals surface area contributed by atoms with Crippen molar-refractivity contribution < 1.29 is 37.8 Å². The number of ether oxygens (including phenoxy) is 1. The van der Waals surface area contributed by atoms with E-state index in [1.54, 1.807) is 18.7 Å². The number of nitrogens with one attached hydrogen (secondary N) is 1. The van der Waals surface area contributed by atoms with E-state index in [9.17, 15) is 28.0 Å². The number of carboxylic acids is 1. The minimum absolute atomic E-state index is 0.0139. The van der Waals surface area contributed by atoms with Crippen molar-refractivity contribution in [2.45, 2.75) is 95.9 Å². The molecule has 274 valence electrons. The molecule has 0 unspecified atom stereocenters. The van der Waals surface area contributed by atoms with Crippen LogP contribution in [-0.2, 0) is 30.5 Å². The molecule has 13 heteroatoms. The van der Waals surface area contributed by atoms with Gasteiger partial charge in [0.15, 0.2) is 0 Å². The van der Waals surface area contributed by atoms with E-state index in [4.69, 9.17) is 27.2 Å². The fraction of sp³-hybridized carbons (Fsp3) is 0.514. The third kappa shape index (κ3) is 10.3. The third-order valence-electron chi connectivity index (χ3n) is 9.07. The largest absolute Gasteiger partial charge is 0.477 e. The second-order valence-corrected chi connectivity index (χ2v) is 13.9. The number of carboxylic acid groups (broad SMARTS) is 1. The van der Waals surface area contributed by atoms with Gasteiger partial charge in [0.1, 0.15) is 6.04 Å². The van der Waals surface area contributed by atoms with Crippen molar-refractivity contribution in [2.24, 2.45) is 5.73 Å². The molecule has 1 aromatic rings. The molecular weight excluding hydrogens is 670 g/mol. The number of allylic oxidation sites excluding steroid dienone is 5. The van der Waals surface area contributed by atoms with E-state index in [1.807, 2.05) is 73.5 Å². The maximum Gasteiger partial charge on any atom is 0.374 e. The molecule has 1 fully saturated rings. The summed E-state index contributed by atoms with van der Waals surface area (Å²) in [6, 6.07) is 8.72. The molecule has 10 nitrogen and oxygen atoms in total. The molecule has 0 bridgehead atoms. The number of carbonyl (C=O) groups is 4. The van der Waals surface area contributed by atoms with Gasteiger partial charge in [-0.3, -0.25) is 14.4 Å². The number of hydrogen-bond donors (Lipinski definition) is 3. The second kappa shape index (κ2) is 17.4. The van der Waals surface area contributed by atoms with Crippen molar-refractivity contribution in [3.05, 3.63) is 82.0 Å². The molecule has 4 rings (SSSR count). The Balaban J connectivity index is 0.000000872. The Kier molecular flexibility index (Phi) is 14.1. The van der Waals surface area contributed by atoms with Crippen LogP contribution < -0.4 is 11.1 Å². The molecule has 50 heavy (non-hydrogen) atoms. The minimum Gasteiger partial charge on any atom is -0.477 e. The summed E-state index contributed by atoms with van der Waals surface area (Å²) in [6.45, 7) is 6.39. The van der Waals surface area contributed by atoms with Crippen LogP contribution in [0.15, 0.2) is 76.4 Å². The Labute approximate surface area is 298 Å². The number of rotatable bonds is 12. The first-order valence-electron chi connectivity index (χ1n) is 16.8. The second-order valence-electron chi connectivity index (χ2n) is 13.4. The summed E-state index contributed by atoms with van der Waals surface area (Å²) in [7, 11) is 1.88. The summed E-state index contributed by atoms with van der Waals surface area (Å²) in [5, 5.41) is 11.0. The number of halogens is 3. The highest BCUT2D eigenvalue weighted by atomic mass is 35.5. The first-order chi connectivity index (χ1) is 23.4. The summed E-state index contributed by atoms with van der Waals surface area (Å²) in [4.78, 5) is 54.0. The maximum absolute atomic E-state index is 14.2. The molecule has 1 aromatic carbocycles. The van der Waals surface area contributed by atoms with Gasteiger partial charge in [0.25, 0.3) is 5.91 Å². The molecule has 3 amide bonds. The molecule has 1 atom stereocenters. The van der Waals surface area contributed by atoms with Gasteiger partial charge < -0.3 is 30.7 Å². The lowest BCUT2D eigenvalue weighted by atomic mass is 9.75. The topological polar surface area (TPSA) is 142 Å². The first kappa shape index (κ1) is 40.6. The average molecular weight is 719 g/mol. The van der Waals surface area contributed by atoms with Crippen LogP contribution in [0, 0.1) is 0 Å². The number of amides is 3. The molecule has 1 spiro atoms. The molecule has 1 aliphatic heterocycles. The lowest BCUT2D eigenvalue weighted by molar-refractivity contribution is -0.162. The van der Waals surface area contributed by atoms with Crippen molar-refractivity contribution in [2.75, 3.05) is 26.7 Å². The highest BCUT2D eigenvalue weighted by Gasteiger charge is 2.51. The van der Waals surface area contributed by atoms with Gasteiger partial charge in [-0.25, -0.2) is 4.79 Å². The van der Waals surface area contributed by atoms with Crippen LogP contribution in [0.3, 0.4) is 0 Å². The van der Waals surface area contributed by atoms with Gasteiger partial charge in [0.05, 0.1) is 24.3 Å². The quantitative estimate of drug-likeness (QED) is 0.260. The number of hydrogen-bond acceptors (Lipinski definition) is 6. The lowest BCUT2D eigenvalue weighted by Crippen LogP contribution is -2.58. The van der Waals surface area contributed by atoms with Crippen LogP contribution in [0.1, 0.15) is 71.8 Å². The Morgan fingerprint density at radius 2 is 1.72 bits per heavy atom. The van der Waals surface area contributed by atoms with Gasteiger partial charge in [0, 0.05) is 37.7 Å². The molecule has 0 saturated heterocycles. The molecular formula is C37H49ClF2N4O6. The van der Waals surface area contributed by atoms with Crippen LogP contribution >= 0.6 is 11.6 Å². The Morgan fingerprint density at radius 1 is 1.10 bits per heavy atom. The van der Waals surface area contributed by atoms with Crippen LogP contribution in [0.4, 0.5) is 8.78 Å². The SMILES string of the molecule is CC(F)(F)C(=O)O.CCN(CC1=C(C2=CCC=C(Cl)C=C2)C(=O)N(C)C12CCCCC2)C(=O)[C@@H](COCc1ccccc1)NC(=O)C(C)(C)N. The van der Waals surface area contributed by atoms with Gasteiger partial charge in [-0.2, -0.15) is 8.78 Å². The van der Waals surface area contributed by atoms with Crippen molar-refractivity contribution in [3.63, 3.8) is 0 Å². The van der Waals surface area contributed by atoms with Crippen molar-refractivity contribution in [1.82, 2.24) is 15.1 Å². The summed E-state index contributed by atoms with van der Waals surface area (Å²) >= 11 is 6.30. The van der Waals surface area contributed by atoms with Gasteiger partial charge in [-0.05, 0) is 62.8 Å². The van der Waals surface area contributed by atoms with E-state index < -0.39 is 34.9 Å². The lowest BCUT2D eigenvalue weighted by Gasteiger charge is -2.43. The summed E-state index contributed by atoms with van der Waals surface area (Å²) in [5.41, 5.74) is 7.84. The monoisotopic (exact) mass is 718 g/mol.